The van der Waals surface area contributed by atoms with Crippen molar-refractivity contribution in [3.63, 3.8) is 0 Å². The minimum atomic E-state index is 0.626. The van der Waals surface area contributed by atoms with Crippen molar-refractivity contribution >= 4 is 27.4 Å². The zero-order chi connectivity index (χ0) is 12.5. The lowest BCUT2D eigenvalue weighted by Crippen LogP contribution is -1.96. The SMILES string of the molecule is CCc1cc2c(NC)nc(-c3ccco3)nc2s1. The summed E-state index contributed by atoms with van der Waals surface area (Å²) in [7, 11) is 1.87. The van der Waals surface area contributed by atoms with Crippen LogP contribution >= 0.6 is 11.3 Å². The first-order valence-electron chi connectivity index (χ1n) is 5.84. The number of fused-ring (bicyclic) bond motifs is 1. The summed E-state index contributed by atoms with van der Waals surface area (Å²) in [6.45, 7) is 2.14. The Morgan fingerprint density at radius 2 is 2.28 bits per heavy atom. The van der Waals surface area contributed by atoms with E-state index in [4.69, 9.17) is 4.42 Å². The Morgan fingerprint density at radius 3 is 2.94 bits per heavy atom. The summed E-state index contributed by atoms with van der Waals surface area (Å²) in [6, 6.07) is 5.86. The second kappa shape index (κ2) is 4.42. The first-order chi connectivity index (χ1) is 8.81. The summed E-state index contributed by atoms with van der Waals surface area (Å²) in [5, 5.41) is 4.20. The van der Waals surface area contributed by atoms with Gasteiger partial charge in [-0.05, 0) is 24.6 Å². The summed E-state index contributed by atoms with van der Waals surface area (Å²) < 4.78 is 5.35. The minimum absolute atomic E-state index is 0.626. The summed E-state index contributed by atoms with van der Waals surface area (Å²) in [5.41, 5.74) is 0. The van der Waals surface area contributed by atoms with Gasteiger partial charge in [0.1, 0.15) is 10.6 Å². The molecule has 3 rings (SSSR count). The van der Waals surface area contributed by atoms with Crippen LogP contribution in [-0.4, -0.2) is 17.0 Å². The Hall–Kier alpha value is -1.88. The Kier molecular flexibility index (Phi) is 2.76. The van der Waals surface area contributed by atoms with Crippen molar-refractivity contribution in [2.75, 3.05) is 12.4 Å². The van der Waals surface area contributed by atoms with E-state index in [1.165, 1.54) is 4.88 Å². The molecule has 1 N–H and O–H groups in total. The lowest BCUT2D eigenvalue weighted by atomic mass is 10.3. The Bertz CT molecular complexity index is 673. The van der Waals surface area contributed by atoms with Crippen LogP contribution in [0.15, 0.2) is 28.9 Å². The molecule has 5 heteroatoms. The van der Waals surface area contributed by atoms with Crippen LogP contribution in [0.3, 0.4) is 0 Å². The van der Waals surface area contributed by atoms with Crippen molar-refractivity contribution in [3.8, 4) is 11.6 Å². The van der Waals surface area contributed by atoms with Crippen LogP contribution in [0.2, 0.25) is 0 Å². The van der Waals surface area contributed by atoms with Crippen LogP contribution in [0.1, 0.15) is 11.8 Å². The van der Waals surface area contributed by atoms with Gasteiger partial charge in [-0.15, -0.1) is 11.3 Å². The van der Waals surface area contributed by atoms with Crippen molar-refractivity contribution in [3.05, 3.63) is 29.3 Å². The standard InChI is InChI=1S/C13H13N3OS/c1-3-8-7-9-11(14-2)15-12(16-13(9)18-8)10-5-4-6-17-10/h4-7H,3H2,1-2H3,(H,14,15,16). The topological polar surface area (TPSA) is 51.0 Å². The van der Waals surface area contributed by atoms with E-state index >= 15 is 0 Å². The van der Waals surface area contributed by atoms with Crippen LogP contribution in [-0.2, 0) is 6.42 Å². The lowest BCUT2D eigenvalue weighted by molar-refractivity contribution is 0.578. The molecule has 0 aliphatic heterocycles. The van der Waals surface area contributed by atoms with E-state index in [0.29, 0.717) is 11.6 Å². The third kappa shape index (κ3) is 1.76. The summed E-state index contributed by atoms with van der Waals surface area (Å²) in [5.74, 6) is 2.17. The molecule has 0 saturated heterocycles. The molecule has 3 aromatic heterocycles. The third-order valence-corrected chi connectivity index (χ3v) is 3.94. The average Bonchev–Trinajstić information content (AvgIpc) is 3.05. The number of furan rings is 1. The summed E-state index contributed by atoms with van der Waals surface area (Å²) in [4.78, 5) is 11.4. The second-order valence-corrected chi connectivity index (χ2v) is 5.02. The van der Waals surface area contributed by atoms with Crippen molar-refractivity contribution in [1.29, 1.82) is 0 Å². The molecule has 3 aromatic rings. The van der Waals surface area contributed by atoms with Gasteiger partial charge in [0.25, 0.3) is 0 Å². The molecular formula is C13H13N3OS. The van der Waals surface area contributed by atoms with Crippen molar-refractivity contribution in [2.45, 2.75) is 13.3 Å². The highest BCUT2D eigenvalue weighted by Gasteiger charge is 2.12. The van der Waals surface area contributed by atoms with Crippen LogP contribution in [0, 0.1) is 0 Å². The number of rotatable bonds is 3. The highest BCUT2D eigenvalue weighted by atomic mass is 32.1. The van der Waals surface area contributed by atoms with E-state index < -0.39 is 0 Å². The summed E-state index contributed by atoms with van der Waals surface area (Å²) in [6.07, 6.45) is 2.65. The van der Waals surface area contributed by atoms with Gasteiger partial charge in [-0.3, -0.25) is 0 Å². The Labute approximate surface area is 109 Å². The molecular weight excluding hydrogens is 246 g/mol. The zero-order valence-corrected chi connectivity index (χ0v) is 11.0. The van der Waals surface area contributed by atoms with Crippen LogP contribution in [0.5, 0.6) is 0 Å². The predicted molar refractivity (Wildman–Crippen MR) is 74.0 cm³/mol. The monoisotopic (exact) mass is 259 g/mol. The predicted octanol–water partition coefficient (Wildman–Crippen LogP) is 3.56. The maximum Gasteiger partial charge on any atom is 0.199 e. The zero-order valence-electron chi connectivity index (χ0n) is 10.2. The Morgan fingerprint density at radius 1 is 1.39 bits per heavy atom. The highest BCUT2D eigenvalue weighted by Crippen LogP contribution is 2.31. The molecule has 4 nitrogen and oxygen atoms in total. The van der Waals surface area contributed by atoms with Crippen molar-refractivity contribution in [1.82, 2.24) is 9.97 Å². The van der Waals surface area contributed by atoms with Gasteiger partial charge in [-0.25, -0.2) is 9.97 Å². The lowest BCUT2D eigenvalue weighted by Gasteiger charge is -2.02. The normalized spacial score (nSPS) is 11.0. The molecule has 3 heterocycles. The van der Waals surface area contributed by atoms with Gasteiger partial charge in [-0.2, -0.15) is 0 Å². The van der Waals surface area contributed by atoms with Gasteiger partial charge in [-0.1, -0.05) is 6.92 Å². The molecule has 18 heavy (non-hydrogen) atoms. The molecule has 0 bridgehead atoms. The molecule has 0 spiro atoms. The maximum atomic E-state index is 5.35. The van der Waals surface area contributed by atoms with Gasteiger partial charge >= 0.3 is 0 Å². The number of anilines is 1. The molecule has 0 aliphatic carbocycles. The van der Waals surface area contributed by atoms with Gasteiger partial charge in [0.2, 0.25) is 0 Å². The van der Waals surface area contributed by atoms with E-state index in [-0.39, 0.29) is 0 Å². The number of thiophene rings is 1. The van der Waals surface area contributed by atoms with Crippen molar-refractivity contribution < 1.29 is 4.42 Å². The smallest absolute Gasteiger partial charge is 0.199 e. The molecule has 0 amide bonds. The van der Waals surface area contributed by atoms with E-state index in [1.54, 1.807) is 17.6 Å². The Balaban J connectivity index is 2.24. The number of nitrogens with one attached hydrogen (secondary N) is 1. The van der Waals surface area contributed by atoms with E-state index in [1.807, 2.05) is 19.2 Å². The van der Waals surface area contributed by atoms with Gasteiger partial charge < -0.3 is 9.73 Å². The minimum Gasteiger partial charge on any atom is -0.461 e. The molecule has 0 saturated carbocycles. The van der Waals surface area contributed by atoms with Gasteiger partial charge in [0.15, 0.2) is 11.6 Å². The number of aromatic nitrogens is 2. The average molecular weight is 259 g/mol. The molecule has 0 atom stereocenters. The quantitative estimate of drug-likeness (QED) is 0.781. The fourth-order valence-corrected chi connectivity index (χ4v) is 2.82. The van der Waals surface area contributed by atoms with Gasteiger partial charge in [0.05, 0.1) is 11.6 Å². The van der Waals surface area contributed by atoms with Crippen LogP contribution in [0.4, 0.5) is 5.82 Å². The van der Waals surface area contributed by atoms with E-state index in [9.17, 15) is 0 Å². The van der Waals surface area contributed by atoms with Crippen LogP contribution < -0.4 is 5.32 Å². The molecule has 0 fully saturated rings. The number of nitrogens with zero attached hydrogens (tertiary/aromatic N) is 2. The van der Waals surface area contributed by atoms with E-state index in [2.05, 4.69) is 28.3 Å². The first kappa shape index (κ1) is 11.2. The first-order valence-corrected chi connectivity index (χ1v) is 6.65. The fraction of sp³-hybridized carbons (Fsp3) is 0.231. The van der Waals surface area contributed by atoms with Crippen LogP contribution in [0.25, 0.3) is 21.8 Å². The number of hydrogen-bond donors (Lipinski definition) is 1. The maximum absolute atomic E-state index is 5.35. The molecule has 0 aromatic carbocycles. The summed E-state index contributed by atoms with van der Waals surface area (Å²) >= 11 is 1.71. The molecule has 0 radical (unpaired) electrons. The van der Waals surface area contributed by atoms with Crippen molar-refractivity contribution in [2.24, 2.45) is 0 Å². The second-order valence-electron chi connectivity index (χ2n) is 3.91. The molecule has 92 valence electrons. The fourth-order valence-electron chi connectivity index (χ4n) is 1.85. The molecule has 0 unspecified atom stereocenters. The molecule has 0 aliphatic rings. The highest BCUT2D eigenvalue weighted by molar-refractivity contribution is 7.18. The number of hydrogen-bond acceptors (Lipinski definition) is 5. The largest absolute Gasteiger partial charge is 0.461 e. The van der Waals surface area contributed by atoms with Gasteiger partial charge in [0, 0.05) is 11.9 Å². The third-order valence-electron chi connectivity index (χ3n) is 2.77. The van der Waals surface area contributed by atoms with E-state index in [0.717, 1.165) is 22.5 Å². The number of aryl methyl sites for hydroxylation is 1.